The number of carbonyl (C=O) groups excluding carboxylic acids is 1. The molecule has 0 radical (unpaired) electrons. The molecule has 1 aromatic carbocycles. The van der Waals surface area contributed by atoms with E-state index in [4.69, 9.17) is 4.98 Å². The Hall–Kier alpha value is -1.99. The SMILES string of the molecule is O=C(CN1CCCC1)N1CCC(CNc2nc3c(s2)CCCc2ccc(F)cc2-3)CC1. The van der Waals surface area contributed by atoms with Crippen molar-refractivity contribution in [3.05, 3.63) is 34.5 Å². The Morgan fingerprint density at radius 1 is 1.13 bits per heavy atom. The summed E-state index contributed by atoms with van der Waals surface area (Å²) in [5.74, 6) is 0.660. The van der Waals surface area contributed by atoms with Gasteiger partial charge in [0.15, 0.2) is 5.13 Å². The fraction of sp³-hybridized carbons (Fsp3) is 0.583. The lowest BCUT2D eigenvalue weighted by molar-refractivity contribution is -0.133. The van der Waals surface area contributed by atoms with Crippen LogP contribution in [0.3, 0.4) is 0 Å². The average Bonchev–Trinajstić information content (AvgIpc) is 3.40. The highest BCUT2D eigenvalue weighted by atomic mass is 32.1. The Morgan fingerprint density at radius 3 is 2.74 bits per heavy atom. The number of aryl methyl sites for hydroxylation is 2. The molecule has 2 aromatic rings. The van der Waals surface area contributed by atoms with Gasteiger partial charge in [-0.05, 0) is 81.6 Å². The minimum atomic E-state index is -0.194. The average molecular weight is 443 g/mol. The summed E-state index contributed by atoms with van der Waals surface area (Å²) in [4.78, 5) is 23.0. The summed E-state index contributed by atoms with van der Waals surface area (Å²) < 4.78 is 13.9. The minimum Gasteiger partial charge on any atom is -0.361 e. The number of fused-ring (bicyclic) bond motifs is 3. The molecule has 0 saturated carbocycles. The Balaban J connectivity index is 1.15. The number of halogens is 1. The van der Waals surface area contributed by atoms with Crippen LogP contribution >= 0.6 is 11.3 Å². The maximum Gasteiger partial charge on any atom is 0.236 e. The molecule has 3 aliphatic rings. The number of nitrogens with zero attached hydrogens (tertiary/aromatic N) is 3. The number of benzene rings is 1. The van der Waals surface area contributed by atoms with Gasteiger partial charge in [0.25, 0.3) is 0 Å². The third-order valence-corrected chi connectivity index (χ3v) is 8.01. The predicted octanol–water partition coefficient (Wildman–Crippen LogP) is 4.18. The summed E-state index contributed by atoms with van der Waals surface area (Å²) in [6.07, 6.45) is 7.59. The molecule has 31 heavy (non-hydrogen) atoms. The molecule has 0 bridgehead atoms. The van der Waals surface area contributed by atoms with E-state index in [0.29, 0.717) is 18.4 Å². The molecule has 1 N–H and O–H groups in total. The lowest BCUT2D eigenvalue weighted by Gasteiger charge is -2.33. The summed E-state index contributed by atoms with van der Waals surface area (Å²) in [5, 5.41) is 4.48. The van der Waals surface area contributed by atoms with Gasteiger partial charge in [0.05, 0.1) is 12.2 Å². The van der Waals surface area contributed by atoms with Crippen molar-refractivity contribution in [2.45, 2.75) is 44.9 Å². The van der Waals surface area contributed by atoms with E-state index in [1.165, 1.54) is 23.3 Å². The highest BCUT2D eigenvalue weighted by Crippen LogP contribution is 2.37. The largest absolute Gasteiger partial charge is 0.361 e. The van der Waals surface area contributed by atoms with Crippen LogP contribution in [0.1, 0.15) is 42.5 Å². The van der Waals surface area contributed by atoms with Gasteiger partial charge in [-0.3, -0.25) is 9.69 Å². The molecule has 2 fully saturated rings. The molecule has 2 aliphatic heterocycles. The first-order valence-corrected chi connectivity index (χ1v) is 12.5. The lowest BCUT2D eigenvalue weighted by atomic mass is 9.97. The zero-order valence-electron chi connectivity index (χ0n) is 18.0. The van der Waals surface area contributed by atoms with Gasteiger partial charge in [0.1, 0.15) is 5.82 Å². The second kappa shape index (κ2) is 9.25. The topological polar surface area (TPSA) is 48.5 Å². The van der Waals surface area contributed by atoms with Crippen molar-refractivity contribution in [1.82, 2.24) is 14.8 Å². The summed E-state index contributed by atoms with van der Waals surface area (Å²) in [5.41, 5.74) is 3.12. The number of amides is 1. The summed E-state index contributed by atoms with van der Waals surface area (Å²) in [6.45, 7) is 5.34. The smallest absolute Gasteiger partial charge is 0.236 e. The van der Waals surface area contributed by atoms with Crippen molar-refractivity contribution >= 4 is 22.4 Å². The number of nitrogens with one attached hydrogen (secondary N) is 1. The quantitative estimate of drug-likeness (QED) is 0.755. The van der Waals surface area contributed by atoms with Crippen molar-refractivity contribution in [3.63, 3.8) is 0 Å². The number of aromatic nitrogens is 1. The van der Waals surface area contributed by atoms with Crippen molar-refractivity contribution in [1.29, 1.82) is 0 Å². The number of thiazole rings is 1. The Bertz CT molecular complexity index is 932. The maximum absolute atomic E-state index is 13.9. The molecule has 0 unspecified atom stereocenters. The van der Waals surface area contributed by atoms with E-state index < -0.39 is 0 Å². The standard InChI is InChI=1S/C24H31FN4OS/c25-19-7-6-18-4-3-5-21-23(20(18)14-19)27-24(31-21)26-15-17-8-12-29(13-9-17)22(30)16-28-10-1-2-11-28/h6-7,14,17H,1-5,8-13,15-16H2,(H,26,27). The molecule has 1 aromatic heterocycles. The van der Waals surface area contributed by atoms with Crippen LogP contribution in [0.5, 0.6) is 0 Å². The van der Waals surface area contributed by atoms with E-state index in [1.54, 1.807) is 23.5 Å². The van der Waals surface area contributed by atoms with Crippen LogP contribution in [-0.4, -0.2) is 60.0 Å². The van der Waals surface area contributed by atoms with Gasteiger partial charge < -0.3 is 10.2 Å². The van der Waals surface area contributed by atoms with Crippen molar-refractivity contribution in [3.8, 4) is 11.3 Å². The highest BCUT2D eigenvalue weighted by molar-refractivity contribution is 7.16. The zero-order valence-corrected chi connectivity index (χ0v) is 18.9. The van der Waals surface area contributed by atoms with Gasteiger partial charge in [-0.2, -0.15) is 0 Å². The van der Waals surface area contributed by atoms with E-state index in [9.17, 15) is 9.18 Å². The highest BCUT2D eigenvalue weighted by Gasteiger charge is 2.25. The summed E-state index contributed by atoms with van der Waals surface area (Å²) >= 11 is 1.72. The van der Waals surface area contributed by atoms with Crippen LogP contribution in [-0.2, 0) is 17.6 Å². The molecule has 1 amide bonds. The van der Waals surface area contributed by atoms with Crippen LogP contribution in [0.25, 0.3) is 11.3 Å². The number of rotatable bonds is 5. The zero-order chi connectivity index (χ0) is 21.2. The van der Waals surface area contributed by atoms with Crippen LogP contribution < -0.4 is 5.32 Å². The number of piperidine rings is 1. The molecular formula is C24H31FN4OS. The van der Waals surface area contributed by atoms with E-state index >= 15 is 0 Å². The van der Waals surface area contributed by atoms with Gasteiger partial charge in [-0.1, -0.05) is 6.07 Å². The Morgan fingerprint density at radius 2 is 1.94 bits per heavy atom. The predicted molar refractivity (Wildman–Crippen MR) is 123 cm³/mol. The fourth-order valence-corrected chi connectivity index (χ4v) is 6.11. The van der Waals surface area contributed by atoms with Crippen LogP contribution in [0.15, 0.2) is 18.2 Å². The van der Waals surface area contributed by atoms with Gasteiger partial charge in [0, 0.05) is 30.1 Å². The first-order chi connectivity index (χ1) is 15.2. The minimum absolute atomic E-state index is 0.194. The Labute approximate surface area is 187 Å². The third kappa shape index (κ3) is 4.77. The molecule has 7 heteroatoms. The lowest BCUT2D eigenvalue weighted by Crippen LogP contribution is -2.44. The fourth-order valence-electron chi connectivity index (χ4n) is 5.08. The normalized spacial score (nSPS) is 19.7. The molecule has 5 rings (SSSR count). The first kappa shape index (κ1) is 20.9. The number of likely N-dealkylation sites (tertiary alicyclic amines) is 2. The van der Waals surface area contributed by atoms with E-state index in [1.807, 2.05) is 11.0 Å². The molecule has 0 atom stereocenters. The van der Waals surface area contributed by atoms with Crippen molar-refractivity contribution in [2.75, 3.05) is 44.6 Å². The van der Waals surface area contributed by atoms with Crippen molar-refractivity contribution < 1.29 is 9.18 Å². The summed E-state index contributed by atoms with van der Waals surface area (Å²) in [6, 6.07) is 5.10. The second-order valence-corrected chi connectivity index (χ2v) is 10.2. The van der Waals surface area contributed by atoms with Crippen LogP contribution in [0, 0.1) is 11.7 Å². The van der Waals surface area contributed by atoms with E-state index in [0.717, 1.165) is 81.2 Å². The second-order valence-electron chi connectivity index (χ2n) is 9.13. The van der Waals surface area contributed by atoms with Crippen LogP contribution in [0.2, 0.25) is 0 Å². The van der Waals surface area contributed by atoms with E-state index in [-0.39, 0.29) is 5.82 Å². The van der Waals surface area contributed by atoms with E-state index in [2.05, 4.69) is 10.2 Å². The number of hydrogen-bond acceptors (Lipinski definition) is 5. The van der Waals surface area contributed by atoms with Gasteiger partial charge >= 0.3 is 0 Å². The first-order valence-electron chi connectivity index (χ1n) is 11.7. The van der Waals surface area contributed by atoms with Gasteiger partial charge in [-0.15, -0.1) is 11.3 Å². The maximum atomic E-state index is 13.9. The summed E-state index contributed by atoms with van der Waals surface area (Å²) in [7, 11) is 0. The number of anilines is 1. The molecule has 1 aliphatic carbocycles. The molecule has 5 nitrogen and oxygen atoms in total. The van der Waals surface area contributed by atoms with Gasteiger partial charge in [0.2, 0.25) is 5.91 Å². The Kier molecular flexibility index (Phi) is 6.23. The van der Waals surface area contributed by atoms with Crippen LogP contribution in [0.4, 0.5) is 9.52 Å². The molecule has 2 saturated heterocycles. The van der Waals surface area contributed by atoms with Crippen molar-refractivity contribution in [2.24, 2.45) is 5.92 Å². The number of hydrogen-bond donors (Lipinski definition) is 1. The van der Waals surface area contributed by atoms with Gasteiger partial charge in [-0.25, -0.2) is 9.37 Å². The number of carbonyl (C=O) groups is 1. The molecular weight excluding hydrogens is 411 g/mol. The molecule has 3 heterocycles. The molecule has 0 spiro atoms. The third-order valence-electron chi connectivity index (χ3n) is 6.94. The monoisotopic (exact) mass is 442 g/mol. The molecule has 166 valence electrons.